The quantitative estimate of drug-likeness (QED) is 0.343. The van der Waals surface area contributed by atoms with Gasteiger partial charge in [-0.05, 0) is 66.6 Å². The molecule has 40 heavy (non-hydrogen) atoms. The second kappa shape index (κ2) is 12.8. The molecule has 0 aromatic heterocycles. The molecule has 0 atom stereocenters. The number of anilines is 1. The van der Waals surface area contributed by atoms with Crippen molar-refractivity contribution in [1.82, 2.24) is 9.62 Å². The number of carbonyl (C=O) groups excluding carboxylic acids is 1. The fraction of sp³-hybridized carbons (Fsp3) is 0.321. The van der Waals surface area contributed by atoms with Crippen molar-refractivity contribution in [2.75, 3.05) is 50.0 Å². The number of ether oxygens (including phenoxy) is 2. The Morgan fingerprint density at radius 1 is 0.975 bits per heavy atom. The molecule has 1 aliphatic heterocycles. The van der Waals surface area contributed by atoms with Crippen LogP contribution in [-0.2, 0) is 31.3 Å². The summed E-state index contributed by atoms with van der Waals surface area (Å²) in [6.45, 7) is 3.90. The molecule has 0 saturated carbocycles. The highest BCUT2D eigenvalue weighted by Crippen LogP contribution is 2.22. The first-order valence-electron chi connectivity index (χ1n) is 12.8. The highest BCUT2D eigenvalue weighted by molar-refractivity contribution is 7.92. The van der Waals surface area contributed by atoms with Gasteiger partial charge in [-0.2, -0.15) is 4.31 Å². The van der Waals surface area contributed by atoms with E-state index in [9.17, 15) is 21.6 Å². The average Bonchev–Trinajstić information content (AvgIpc) is 2.94. The molecule has 0 unspecified atom stereocenters. The third-order valence-electron chi connectivity index (χ3n) is 6.32. The molecule has 0 radical (unpaired) electrons. The summed E-state index contributed by atoms with van der Waals surface area (Å²) in [5.41, 5.74) is 2.71. The zero-order chi connectivity index (χ0) is 28.8. The molecule has 10 nitrogen and oxygen atoms in total. The number of nitrogens with one attached hydrogen (secondary N) is 1. The van der Waals surface area contributed by atoms with E-state index in [0.29, 0.717) is 43.3 Å². The fourth-order valence-electron chi connectivity index (χ4n) is 4.19. The molecule has 3 aromatic rings. The predicted octanol–water partition coefficient (Wildman–Crippen LogP) is 2.79. The summed E-state index contributed by atoms with van der Waals surface area (Å²) >= 11 is 0. The molecule has 1 fully saturated rings. The standard InChI is InChI=1S/C28H33N3O7S2/c1-22-4-3-5-25(20-22)31(39(2,33)34)21-23-6-8-24(9-7-23)28(32)29-14-17-38-26-10-12-27(13-11-26)40(35,36)30-15-18-37-19-16-30/h3-13,20H,14-19,21H2,1-2H3,(H,29,32). The van der Waals surface area contributed by atoms with E-state index in [2.05, 4.69) is 5.32 Å². The van der Waals surface area contributed by atoms with Gasteiger partial charge in [0, 0.05) is 18.7 Å². The molecule has 0 bridgehead atoms. The van der Waals surface area contributed by atoms with Crippen molar-refractivity contribution in [2.24, 2.45) is 0 Å². The van der Waals surface area contributed by atoms with E-state index < -0.39 is 20.0 Å². The van der Waals surface area contributed by atoms with Gasteiger partial charge < -0.3 is 14.8 Å². The highest BCUT2D eigenvalue weighted by Gasteiger charge is 2.26. The van der Waals surface area contributed by atoms with E-state index in [0.717, 1.165) is 11.1 Å². The Bertz CT molecular complexity index is 1520. The normalized spacial score (nSPS) is 14.4. The zero-order valence-electron chi connectivity index (χ0n) is 22.4. The lowest BCUT2D eigenvalue weighted by Crippen LogP contribution is -2.40. The van der Waals surface area contributed by atoms with E-state index in [-0.39, 0.29) is 30.5 Å². The fourth-order valence-corrected chi connectivity index (χ4v) is 6.48. The average molecular weight is 588 g/mol. The summed E-state index contributed by atoms with van der Waals surface area (Å²) in [5, 5.41) is 2.78. The molecule has 12 heteroatoms. The van der Waals surface area contributed by atoms with Gasteiger partial charge in [0.15, 0.2) is 0 Å². The number of benzene rings is 3. The summed E-state index contributed by atoms with van der Waals surface area (Å²) in [5.74, 6) is 0.198. The monoisotopic (exact) mass is 587 g/mol. The molecule has 1 saturated heterocycles. The van der Waals surface area contributed by atoms with Crippen LogP contribution >= 0.6 is 0 Å². The Balaban J connectivity index is 1.27. The minimum Gasteiger partial charge on any atom is -0.492 e. The number of amides is 1. The summed E-state index contributed by atoms with van der Waals surface area (Å²) in [7, 11) is -7.08. The van der Waals surface area contributed by atoms with Crippen molar-refractivity contribution in [3.05, 3.63) is 89.5 Å². The summed E-state index contributed by atoms with van der Waals surface area (Å²) in [6, 6.07) is 20.2. The second-order valence-corrected chi connectivity index (χ2v) is 13.2. The van der Waals surface area contributed by atoms with Crippen LogP contribution in [0, 0.1) is 6.92 Å². The third-order valence-corrected chi connectivity index (χ3v) is 9.37. The molecule has 214 valence electrons. The first-order valence-corrected chi connectivity index (χ1v) is 16.1. The number of nitrogens with zero attached hydrogens (tertiary/aromatic N) is 2. The summed E-state index contributed by atoms with van der Waals surface area (Å²) < 4.78 is 63.9. The lowest BCUT2D eigenvalue weighted by atomic mass is 10.1. The van der Waals surface area contributed by atoms with Crippen LogP contribution in [0.4, 0.5) is 5.69 Å². The van der Waals surface area contributed by atoms with Crippen molar-refractivity contribution in [3.8, 4) is 5.75 Å². The van der Waals surface area contributed by atoms with Crippen molar-refractivity contribution in [3.63, 3.8) is 0 Å². The predicted molar refractivity (Wildman–Crippen MR) is 152 cm³/mol. The van der Waals surface area contributed by atoms with E-state index in [4.69, 9.17) is 9.47 Å². The molecule has 1 N–H and O–H groups in total. The Morgan fingerprint density at radius 2 is 1.65 bits per heavy atom. The first kappa shape index (κ1) is 29.5. The van der Waals surface area contributed by atoms with Crippen LogP contribution in [-0.4, -0.2) is 72.8 Å². The van der Waals surface area contributed by atoms with Crippen LogP contribution < -0.4 is 14.4 Å². The van der Waals surface area contributed by atoms with Crippen molar-refractivity contribution < 1.29 is 31.1 Å². The number of sulfonamides is 2. The van der Waals surface area contributed by atoms with Crippen LogP contribution in [0.2, 0.25) is 0 Å². The topological polar surface area (TPSA) is 122 Å². The summed E-state index contributed by atoms with van der Waals surface area (Å²) in [4.78, 5) is 12.8. The van der Waals surface area contributed by atoms with Crippen molar-refractivity contribution in [1.29, 1.82) is 0 Å². The summed E-state index contributed by atoms with van der Waals surface area (Å²) in [6.07, 6.45) is 1.17. The van der Waals surface area contributed by atoms with Crippen molar-refractivity contribution in [2.45, 2.75) is 18.4 Å². The Morgan fingerprint density at radius 3 is 2.27 bits per heavy atom. The first-order chi connectivity index (χ1) is 19.0. The number of hydrogen-bond donors (Lipinski definition) is 1. The van der Waals surface area contributed by atoms with Gasteiger partial charge in [0.25, 0.3) is 5.91 Å². The number of hydrogen-bond acceptors (Lipinski definition) is 7. The maximum atomic E-state index is 12.7. The van der Waals surface area contributed by atoms with E-state index in [1.807, 2.05) is 25.1 Å². The van der Waals surface area contributed by atoms with E-state index in [1.165, 1.54) is 27.0 Å². The van der Waals surface area contributed by atoms with E-state index >= 15 is 0 Å². The third kappa shape index (κ3) is 7.60. The largest absolute Gasteiger partial charge is 0.492 e. The molecule has 0 spiro atoms. The molecule has 4 rings (SSSR count). The lowest BCUT2D eigenvalue weighted by Gasteiger charge is -2.26. The van der Waals surface area contributed by atoms with Gasteiger partial charge in [-0.15, -0.1) is 0 Å². The molecule has 1 amide bonds. The number of morpholine rings is 1. The van der Waals surface area contributed by atoms with Gasteiger partial charge >= 0.3 is 0 Å². The highest BCUT2D eigenvalue weighted by atomic mass is 32.2. The van der Waals surface area contributed by atoms with Crippen LogP contribution in [0.25, 0.3) is 0 Å². The maximum absolute atomic E-state index is 12.7. The van der Waals surface area contributed by atoms with Crippen LogP contribution in [0.5, 0.6) is 5.75 Å². The number of carbonyl (C=O) groups is 1. The Labute approximate surface area is 235 Å². The van der Waals surface area contributed by atoms with Gasteiger partial charge in [0.2, 0.25) is 20.0 Å². The number of rotatable bonds is 11. The molecule has 0 aliphatic carbocycles. The number of aryl methyl sites for hydroxylation is 1. The minimum atomic E-state index is -3.57. The van der Waals surface area contributed by atoms with Gasteiger partial charge in [0.05, 0.1) is 43.1 Å². The van der Waals surface area contributed by atoms with Gasteiger partial charge in [-0.1, -0.05) is 24.3 Å². The van der Waals surface area contributed by atoms with Gasteiger partial charge in [0.1, 0.15) is 12.4 Å². The Hall–Kier alpha value is -3.45. The SMILES string of the molecule is Cc1cccc(N(Cc2ccc(C(=O)NCCOc3ccc(S(=O)(=O)N4CCOCC4)cc3)cc2)S(C)(=O)=O)c1. The lowest BCUT2D eigenvalue weighted by molar-refractivity contribution is 0.0730. The second-order valence-electron chi connectivity index (χ2n) is 9.40. The van der Waals surface area contributed by atoms with Gasteiger partial charge in [-0.25, -0.2) is 16.8 Å². The van der Waals surface area contributed by atoms with E-state index in [1.54, 1.807) is 42.5 Å². The van der Waals surface area contributed by atoms with Gasteiger partial charge in [-0.3, -0.25) is 9.10 Å². The van der Waals surface area contributed by atoms with Crippen LogP contribution in [0.1, 0.15) is 21.5 Å². The molecule has 1 heterocycles. The molecular weight excluding hydrogens is 554 g/mol. The maximum Gasteiger partial charge on any atom is 0.251 e. The molecule has 3 aromatic carbocycles. The molecule has 1 aliphatic rings. The zero-order valence-corrected chi connectivity index (χ0v) is 24.1. The minimum absolute atomic E-state index is 0.143. The smallest absolute Gasteiger partial charge is 0.251 e. The van der Waals surface area contributed by atoms with Crippen molar-refractivity contribution >= 4 is 31.6 Å². The molecular formula is C28H33N3O7S2. The van der Waals surface area contributed by atoms with Crippen LogP contribution in [0.3, 0.4) is 0 Å². The Kier molecular flexibility index (Phi) is 9.46. The van der Waals surface area contributed by atoms with Crippen LogP contribution in [0.15, 0.2) is 77.7 Å².